The molecule has 1 amide bonds. The third-order valence-corrected chi connectivity index (χ3v) is 11.9. The van der Waals surface area contributed by atoms with Crippen LogP contribution < -0.4 is 19.1 Å². The van der Waals surface area contributed by atoms with Gasteiger partial charge in [0.15, 0.2) is 11.5 Å². The Bertz CT molecular complexity index is 1780. The predicted molar refractivity (Wildman–Crippen MR) is 179 cm³/mol. The Hall–Kier alpha value is -3.98. The van der Waals surface area contributed by atoms with Crippen LogP contribution in [0.15, 0.2) is 48.8 Å². The summed E-state index contributed by atoms with van der Waals surface area (Å²) in [7, 11) is -3.84. The van der Waals surface area contributed by atoms with Gasteiger partial charge in [-0.3, -0.25) is 14.7 Å². The molecule has 0 unspecified atom stereocenters. The number of benzene rings is 1. The number of amides is 1. The van der Waals surface area contributed by atoms with E-state index in [4.69, 9.17) is 4.74 Å². The normalized spacial score (nSPS) is 25.0. The summed E-state index contributed by atoms with van der Waals surface area (Å²) in [6, 6.07) is 9.40. The number of alkyl halides is 3. The van der Waals surface area contributed by atoms with E-state index >= 15 is 0 Å². The highest BCUT2D eigenvalue weighted by Crippen LogP contribution is 2.60. The molecule has 8 rings (SSSR count). The van der Waals surface area contributed by atoms with Gasteiger partial charge in [-0.15, -0.1) is 23.4 Å². The molecule has 4 saturated carbocycles. The van der Waals surface area contributed by atoms with Crippen LogP contribution in [0.4, 0.5) is 19.0 Å². The van der Waals surface area contributed by atoms with Gasteiger partial charge >= 0.3 is 6.36 Å². The first-order chi connectivity index (χ1) is 23.8. The van der Waals surface area contributed by atoms with E-state index < -0.39 is 22.3 Å². The maximum Gasteiger partial charge on any atom is 0.573 e. The van der Waals surface area contributed by atoms with Crippen molar-refractivity contribution in [2.24, 2.45) is 23.2 Å². The van der Waals surface area contributed by atoms with Crippen molar-refractivity contribution in [1.29, 1.82) is 0 Å². The molecule has 0 spiro atoms. The Labute approximate surface area is 289 Å². The van der Waals surface area contributed by atoms with Crippen molar-refractivity contribution in [3.8, 4) is 22.6 Å². The lowest BCUT2D eigenvalue weighted by Crippen LogP contribution is -2.51. The summed E-state index contributed by atoms with van der Waals surface area (Å²) in [4.78, 5) is 21.2. The number of sulfonamides is 1. The number of hydrogen-bond acceptors (Lipinski definition) is 10. The minimum Gasteiger partial charge on any atom is -0.492 e. The van der Waals surface area contributed by atoms with E-state index in [2.05, 4.69) is 29.5 Å². The van der Waals surface area contributed by atoms with E-state index in [1.54, 1.807) is 24.5 Å². The van der Waals surface area contributed by atoms with Gasteiger partial charge in [0.05, 0.1) is 18.6 Å². The number of carbonyl (C=O) groups excluding carboxylic acids is 1. The van der Waals surface area contributed by atoms with Crippen LogP contribution in [0, 0.1) is 23.2 Å². The van der Waals surface area contributed by atoms with Gasteiger partial charge in [0, 0.05) is 44.5 Å². The summed E-state index contributed by atoms with van der Waals surface area (Å²) in [5, 5.41) is 8.26. The molecule has 4 aliphatic carbocycles. The van der Waals surface area contributed by atoms with Crippen LogP contribution in [0.1, 0.15) is 61.5 Å². The van der Waals surface area contributed by atoms with Gasteiger partial charge in [-0.05, 0) is 116 Å². The van der Waals surface area contributed by atoms with Crippen LogP contribution in [0.25, 0.3) is 11.1 Å². The highest BCUT2D eigenvalue weighted by Gasteiger charge is 2.52. The Morgan fingerprint density at radius 1 is 0.920 bits per heavy atom. The number of piperazine rings is 1. The first-order valence-corrected chi connectivity index (χ1v) is 18.8. The van der Waals surface area contributed by atoms with Crippen LogP contribution in [0.3, 0.4) is 0 Å². The average molecular weight is 715 g/mol. The van der Waals surface area contributed by atoms with Crippen LogP contribution >= 0.6 is 0 Å². The van der Waals surface area contributed by atoms with Crippen molar-refractivity contribution in [3.05, 3.63) is 60.0 Å². The van der Waals surface area contributed by atoms with Gasteiger partial charge in [0.2, 0.25) is 10.0 Å². The first kappa shape index (κ1) is 34.5. The number of aromatic nitrogens is 3. The van der Waals surface area contributed by atoms with Gasteiger partial charge in [-0.1, -0.05) is 0 Å². The first-order valence-electron chi connectivity index (χ1n) is 17.2. The van der Waals surface area contributed by atoms with Crippen molar-refractivity contribution >= 4 is 21.7 Å². The predicted octanol–water partition coefficient (Wildman–Crippen LogP) is 5.43. The quantitative estimate of drug-likeness (QED) is 0.275. The van der Waals surface area contributed by atoms with E-state index in [0.717, 1.165) is 19.3 Å². The molecule has 50 heavy (non-hydrogen) atoms. The number of halogens is 3. The Morgan fingerprint density at radius 3 is 2.22 bits per heavy atom. The molecule has 4 bridgehead atoms. The standard InChI is InChI=1S/C35H41F3N6O5S/c1-2-48-30-15-28(19-39-20-30)27-12-26(13-29(14-27)49-35(36,37)38)21-43-5-7-44(8-6-43)32-4-3-31(40-41-32)33(45)42-50(46,47)22-34-16-23-9-24(17-34)11-25(10-23)18-34/h3-4,12-15,19-20,23-25H,2,5-11,16-18,21-22H2,1H3,(H,42,45). The minimum atomic E-state index is -4.84. The van der Waals surface area contributed by atoms with E-state index in [-0.39, 0.29) is 22.6 Å². The number of nitrogens with zero attached hydrogens (tertiary/aromatic N) is 5. The lowest BCUT2D eigenvalue weighted by Gasteiger charge is -2.56. The average Bonchev–Trinajstić information content (AvgIpc) is 3.03. The van der Waals surface area contributed by atoms with Crippen molar-refractivity contribution in [3.63, 3.8) is 0 Å². The molecular weight excluding hydrogens is 673 g/mol. The number of ether oxygens (including phenoxy) is 2. The molecule has 1 aliphatic heterocycles. The number of anilines is 1. The maximum absolute atomic E-state index is 13.2. The molecule has 1 aromatic carbocycles. The summed E-state index contributed by atoms with van der Waals surface area (Å²) in [6.45, 7) is 4.95. The minimum absolute atomic E-state index is 0.0235. The smallest absolute Gasteiger partial charge is 0.492 e. The zero-order chi connectivity index (χ0) is 35.1. The Kier molecular flexibility index (Phi) is 9.39. The fraction of sp³-hybridized carbons (Fsp3) is 0.543. The Morgan fingerprint density at radius 2 is 1.60 bits per heavy atom. The van der Waals surface area contributed by atoms with E-state index in [9.17, 15) is 26.4 Å². The zero-order valence-electron chi connectivity index (χ0n) is 27.9. The zero-order valence-corrected chi connectivity index (χ0v) is 28.7. The van der Waals surface area contributed by atoms with Gasteiger partial charge in [0.1, 0.15) is 11.5 Å². The highest BCUT2D eigenvalue weighted by molar-refractivity contribution is 7.90. The van der Waals surface area contributed by atoms with E-state index in [1.165, 1.54) is 37.5 Å². The van der Waals surface area contributed by atoms with E-state index in [1.807, 2.05) is 17.9 Å². The fourth-order valence-electron chi connectivity index (χ4n) is 9.04. The number of rotatable bonds is 11. The van der Waals surface area contributed by atoms with Crippen molar-refractivity contribution < 1.29 is 35.9 Å². The number of carbonyl (C=O) groups is 1. The van der Waals surface area contributed by atoms with Crippen molar-refractivity contribution in [2.45, 2.75) is 58.4 Å². The van der Waals surface area contributed by atoms with Crippen molar-refractivity contribution in [2.75, 3.05) is 43.4 Å². The van der Waals surface area contributed by atoms with Crippen LogP contribution in [-0.4, -0.2) is 79.3 Å². The summed E-state index contributed by atoms with van der Waals surface area (Å²) in [5.41, 5.74) is 1.47. The molecule has 11 nitrogen and oxygen atoms in total. The molecule has 1 N–H and O–H groups in total. The third kappa shape index (κ3) is 8.14. The summed E-state index contributed by atoms with van der Waals surface area (Å²) in [5.74, 6) is 1.76. The lowest BCUT2D eigenvalue weighted by atomic mass is 9.50. The molecule has 1 saturated heterocycles. The molecule has 5 fully saturated rings. The second-order valence-corrected chi connectivity index (χ2v) is 16.1. The van der Waals surface area contributed by atoms with Crippen LogP contribution in [-0.2, 0) is 16.6 Å². The molecule has 2 aromatic heterocycles. The SMILES string of the molecule is CCOc1cncc(-c2cc(CN3CCN(c4ccc(C(=O)NS(=O)(=O)CC56CC7CC(CC(C7)C5)C6)nn4)CC3)cc(OC(F)(F)F)c2)c1. The number of nitrogens with one attached hydrogen (secondary N) is 1. The topological polar surface area (TPSA) is 127 Å². The largest absolute Gasteiger partial charge is 0.573 e. The highest BCUT2D eigenvalue weighted by atomic mass is 32.2. The summed E-state index contributed by atoms with van der Waals surface area (Å²) in [6.07, 6.45) is 4.68. The second-order valence-electron chi connectivity index (χ2n) is 14.4. The number of hydrogen-bond donors (Lipinski definition) is 1. The molecule has 0 atom stereocenters. The monoisotopic (exact) mass is 714 g/mol. The van der Waals surface area contributed by atoms with Gasteiger partial charge in [0.25, 0.3) is 5.91 Å². The van der Waals surface area contributed by atoms with Gasteiger partial charge in [-0.2, -0.15) is 0 Å². The summed E-state index contributed by atoms with van der Waals surface area (Å²) >= 11 is 0. The molecule has 3 aromatic rings. The van der Waals surface area contributed by atoms with Gasteiger partial charge < -0.3 is 14.4 Å². The fourth-order valence-corrected chi connectivity index (χ4v) is 10.7. The molecule has 15 heteroatoms. The molecular formula is C35H41F3N6O5S. The number of pyridine rings is 1. The third-order valence-electron chi connectivity index (χ3n) is 10.5. The molecule has 3 heterocycles. The van der Waals surface area contributed by atoms with Crippen LogP contribution in [0.2, 0.25) is 0 Å². The summed E-state index contributed by atoms with van der Waals surface area (Å²) < 4.78 is 77.9. The molecule has 5 aliphatic rings. The lowest BCUT2D eigenvalue weighted by molar-refractivity contribution is -0.274. The van der Waals surface area contributed by atoms with Gasteiger partial charge in [-0.25, -0.2) is 13.1 Å². The molecule has 0 radical (unpaired) electrons. The molecule has 268 valence electrons. The van der Waals surface area contributed by atoms with Crippen molar-refractivity contribution in [1.82, 2.24) is 24.8 Å². The second kappa shape index (κ2) is 13.6. The maximum atomic E-state index is 13.2. The Balaban J connectivity index is 0.955. The van der Waals surface area contributed by atoms with E-state index in [0.29, 0.717) is 85.3 Å². The van der Waals surface area contributed by atoms with Crippen LogP contribution in [0.5, 0.6) is 11.5 Å².